The first kappa shape index (κ1) is 13.1. The lowest BCUT2D eigenvalue weighted by Crippen LogP contribution is -2.50. The van der Waals surface area contributed by atoms with Gasteiger partial charge in [0.1, 0.15) is 5.75 Å². The number of anilines is 1. The van der Waals surface area contributed by atoms with Gasteiger partial charge in [-0.25, -0.2) is 0 Å². The average Bonchev–Trinajstić information content (AvgIpc) is 2.80. The highest BCUT2D eigenvalue weighted by molar-refractivity contribution is 6.22. The van der Waals surface area contributed by atoms with Gasteiger partial charge < -0.3 is 4.74 Å². The van der Waals surface area contributed by atoms with E-state index in [9.17, 15) is 9.59 Å². The zero-order valence-corrected chi connectivity index (χ0v) is 12.8. The van der Waals surface area contributed by atoms with Crippen molar-refractivity contribution in [1.82, 2.24) is 0 Å². The summed E-state index contributed by atoms with van der Waals surface area (Å²) in [7, 11) is 1.60. The number of ether oxygens (including phenoxy) is 1. The Morgan fingerprint density at radius 1 is 0.783 bits per heavy atom. The van der Waals surface area contributed by atoms with Crippen molar-refractivity contribution in [3.05, 3.63) is 48.6 Å². The maximum absolute atomic E-state index is 13.0. The molecule has 6 unspecified atom stereocenters. The maximum atomic E-state index is 13.0. The van der Waals surface area contributed by atoms with Gasteiger partial charge in [-0.1, -0.05) is 24.3 Å². The van der Waals surface area contributed by atoms with Gasteiger partial charge in [0.15, 0.2) is 0 Å². The van der Waals surface area contributed by atoms with Gasteiger partial charge in [0.2, 0.25) is 11.8 Å². The summed E-state index contributed by atoms with van der Waals surface area (Å²) >= 11 is 0. The fourth-order valence-corrected chi connectivity index (χ4v) is 4.88. The molecule has 4 aliphatic carbocycles. The van der Waals surface area contributed by atoms with Crippen LogP contribution in [-0.4, -0.2) is 18.9 Å². The Morgan fingerprint density at radius 3 is 1.70 bits per heavy atom. The van der Waals surface area contributed by atoms with Crippen LogP contribution in [0, 0.1) is 35.5 Å². The largest absolute Gasteiger partial charge is 0.497 e. The molecule has 23 heavy (non-hydrogen) atoms. The minimum absolute atomic E-state index is 0.0386. The molecule has 2 fully saturated rings. The number of nitrogens with zero attached hydrogens (tertiary/aromatic N) is 1. The first-order chi connectivity index (χ1) is 11.2. The van der Waals surface area contributed by atoms with E-state index in [2.05, 4.69) is 24.3 Å². The second-order valence-corrected chi connectivity index (χ2v) is 6.84. The molecular weight excluding hydrogens is 290 g/mol. The number of imide groups is 1. The monoisotopic (exact) mass is 307 g/mol. The topological polar surface area (TPSA) is 46.6 Å². The molecule has 6 atom stereocenters. The van der Waals surface area contributed by atoms with Gasteiger partial charge in [-0.3, -0.25) is 14.5 Å². The van der Waals surface area contributed by atoms with Crippen molar-refractivity contribution in [2.24, 2.45) is 35.5 Å². The van der Waals surface area contributed by atoms with Gasteiger partial charge in [0.25, 0.3) is 0 Å². The molecular formula is C19H17NO3. The number of amides is 2. The predicted octanol–water partition coefficient (Wildman–Crippen LogP) is 2.42. The molecule has 6 rings (SSSR count). The predicted molar refractivity (Wildman–Crippen MR) is 84.7 cm³/mol. The quantitative estimate of drug-likeness (QED) is 0.623. The third kappa shape index (κ3) is 1.51. The smallest absolute Gasteiger partial charge is 0.238 e. The molecule has 1 aromatic carbocycles. The second-order valence-electron chi connectivity index (χ2n) is 6.84. The molecule has 1 saturated heterocycles. The van der Waals surface area contributed by atoms with Crippen molar-refractivity contribution in [3.8, 4) is 5.75 Å². The number of carbonyl (C=O) groups excluding carboxylic acids is 2. The summed E-state index contributed by atoms with van der Waals surface area (Å²) in [5.41, 5.74) is 0.648. The summed E-state index contributed by atoms with van der Waals surface area (Å²) < 4.78 is 5.15. The van der Waals surface area contributed by atoms with Gasteiger partial charge in [0.05, 0.1) is 24.6 Å². The van der Waals surface area contributed by atoms with Crippen LogP contribution in [0.1, 0.15) is 0 Å². The SMILES string of the molecule is COc1ccc(N2C(=O)C3C4C=CC(C5C=CC54)C3C2=O)cc1. The normalized spacial score (nSPS) is 39.3. The summed E-state index contributed by atoms with van der Waals surface area (Å²) in [5.74, 6) is 1.51. The number of hydrogen-bond acceptors (Lipinski definition) is 3. The van der Waals surface area contributed by atoms with E-state index in [0.717, 1.165) is 0 Å². The van der Waals surface area contributed by atoms with Crippen molar-refractivity contribution in [2.45, 2.75) is 0 Å². The molecule has 2 bridgehead atoms. The minimum Gasteiger partial charge on any atom is -0.497 e. The third-order valence-electron chi connectivity index (χ3n) is 6.00. The molecule has 0 N–H and O–H groups in total. The van der Waals surface area contributed by atoms with E-state index < -0.39 is 0 Å². The van der Waals surface area contributed by atoms with Crippen molar-refractivity contribution in [3.63, 3.8) is 0 Å². The molecule has 1 heterocycles. The van der Waals surface area contributed by atoms with Crippen molar-refractivity contribution >= 4 is 17.5 Å². The molecule has 0 radical (unpaired) electrons. The molecule has 2 amide bonds. The first-order valence-electron chi connectivity index (χ1n) is 8.09. The van der Waals surface area contributed by atoms with Crippen LogP contribution in [0.15, 0.2) is 48.6 Å². The standard InChI is InChI=1S/C19H17NO3/c1-23-11-4-2-10(3-5-11)20-18(21)16-14-8-9-15(17(16)19(20)22)13-7-6-12(13)14/h2-9,12-17H,1H3. The molecule has 5 aliphatic rings. The summed E-state index contributed by atoms with van der Waals surface area (Å²) in [6.45, 7) is 0. The third-order valence-corrected chi connectivity index (χ3v) is 6.00. The van der Waals surface area contributed by atoms with Gasteiger partial charge >= 0.3 is 0 Å². The van der Waals surface area contributed by atoms with Crippen LogP contribution in [0.25, 0.3) is 0 Å². The molecule has 1 aromatic rings. The van der Waals surface area contributed by atoms with E-state index in [1.807, 2.05) is 0 Å². The zero-order valence-electron chi connectivity index (χ0n) is 12.8. The Morgan fingerprint density at radius 2 is 1.26 bits per heavy atom. The van der Waals surface area contributed by atoms with Crippen molar-refractivity contribution < 1.29 is 14.3 Å². The van der Waals surface area contributed by atoms with Crippen molar-refractivity contribution in [1.29, 1.82) is 0 Å². The van der Waals surface area contributed by atoms with Crippen LogP contribution in [0.4, 0.5) is 5.69 Å². The Bertz CT molecular complexity index is 723. The summed E-state index contributed by atoms with van der Waals surface area (Å²) in [6, 6.07) is 7.15. The van der Waals surface area contributed by atoms with Crippen LogP contribution in [0.2, 0.25) is 0 Å². The van der Waals surface area contributed by atoms with Crippen LogP contribution in [-0.2, 0) is 9.59 Å². The number of benzene rings is 1. The molecule has 0 spiro atoms. The highest BCUT2D eigenvalue weighted by atomic mass is 16.5. The molecule has 116 valence electrons. The number of hydrogen-bond donors (Lipinski definition) is 0. The maximum Gasteiger partial charge on any atom is 0.238 e. The van der Waals surface area contributed by atoms with Crippen LogP contribution in [0.5, 0.6) is 5.75 Å². The lowest BCUT2D eigenvalue weighted by Gasteiger charge is -2.51. The van der Waals surface area contributed by atoms with E-state index in [-0.39, 0.29) is 35.5 Å². The van der Waals surface area contributed by atoms with E-state index >= 15 is 0 Å². The van der Waals surface area contributed by atoms with E-state index in [0.29, 0.717) is 23.3 Å². The van der Waals surface area contributed by atoms with E-state index in [4.69, 9.17) is 4.74 Å². The summed E-state index contributed by atoms with van der Waals surface area (Å²) in [4.78, 5) is 27.4. The molecule has 4 nitrogen and oxygen atoms in total. The minimum atomic E-state index is -0.189. The highest BCUT2D eigenvalue weighted by Crippen LogP contribution is 2.58. The molecule has 0 aromatic heterocycles. The summed E-state index contributed by atoms with van der Waals surface area (Å²) in [6.07, 6.45) is 8.74. The van der Waals surface area contributed by atoms with Crippen molar-refractivity contribution in [2.75, 3.05) is 12.0 Å². The van der Waals surface area contributed by atoms with Gasteiger partial charge in [-0.15, -0.1) is 0 Å². The molecule has 4 heteroatoms. The summed E-state index contributed by atoms with van der Waals surface area (Å²) in [5, 5.41) is 0. The number of allylic oxidation sites excluding steroid dienone is 4. The van der Waals surface area contributed by atoms with Crippen LogP contribution in [0.3, 0.4) is 0 Å². The lowest BCUT2D eigenvalue weighted by atomic mass is 9.50. The molecule has 1 aliphatic heterocycles. The zero-order chi connectivity index (χ0) is 15.7. The lowest BCUT2D eigenvalue weighted by molar-refractivity contribution is -0.127. The second kappa shape index (κ2) is 4.34. The van der Waals surface area contributed by atoms with Crippen LogP contribution >= 0.6 is 0 Å². The highest BCUT2D eigenvalue weighted by Gasteiger charge is 2.62. The fourth-order valence-electron chi connectivity index (χ4n) is 4.88. The Balaban J connectivity index is 1.54. The van der Waals surface area contributed by atoms with Crippen LogP contribution < -0.4 is 9.64 Å². The first-order valence-corrected chi connectivity index (χ1v) is 8.09. The van der Waals surface area contributed by atoms with E-state index in [1.54, 1.807) is 31.4 Å². The Labute approximate surface area is 134 Å². The van der Waals surface area contributed by atoms with Gasteiger partial charge in [-0.05, 0) is 47.9 Å². The number of methoxy groups -OCH3 is 1. The number of rotatable bonds is 2. The fraction of sp³-hybridized carbons (Fsp3) is 0.368. The van der Waals surface area contributed by atoms with Gasteiger partial charge in [-0.2, -0.15) is 0 Å². The Hall–Kier alpha value is -2.36. The van der Waals surface area contributed by atoms with Gasteiger partial charge in [0, 0.05) is 0 Å². The average molecular weight is 307 g/mol. The Kier molecular flexibility index (Phi) is 2.48. The van der Waals surface area contributed by atoms with E-state index in [1.165, 1.54) is 4.90 Å². The molecule has 1 saturated carbocycles. The number of carbonyl (C=O) groups is 2.